The van der Waals surface area contributed by atoms with Gasteiger partial charge in [0.1, 0.15) is 0 Å². The molecule has 0 bridgehead atoms. The molecule has 1 N–H and O–H groups in total. The molecule has 0 aromatic carbocycles. The average molecular weight is 251 g/mol. The van der Waals surface area contributed by atoms with Crippen LogP contribution in [0.1, 0.15) is 32.1 Å². The molecule has 1 aromatic rings. The normalized spacial score (nSPS) is 15.7. The number of hydrogen-bond acceptors (Lipinski definition) is 5. The van der Waals surface area contributed by atoms with Gasteiger partial charge in [0.15, 0.2) is 0 Å². The number of anilines is 1. The fourth-order valence-electron chi connectivity index (χ4n) is 2.38. The molecule has 0 atom stereocenters. The van der Waals surface area contributed by atoms with Crippen LogP contribution in [0.15, 0.2) is 6.07 Å². The molecule has 0 spiro atoms. The predicted molar refractivity (Wildman–Crippen MR) is 70.2 cm³/mol. The van der Waals surface area contributed by atoms with Crippen LogP contribution < -0.4 is 14.8 Å². The van der Waals surface area contributed by atoms with Crippen LogP contribution in [0.5, 0.6) is 11.8 Å². The van der Waals surface area contributed by atoms with E-state index in [0.717, 1.165) is 12.5 Å². The average Bonchev–Trinajstić information content (AvgIpc) is 2.91. The first kappa shape index (κ1) is 12.9. The third-order valence-electron chi connectivity index (χ3n) is 3.41. The fraction of sp³-hybridized carbons (Fsp3) is 0.692. The molecule has 18 heavy (non-hydrogen) atoms. The van der Waals surface area contributed by atoms with Crippen LogP contribution in [-0.2, 0) is 0 Å². The summed E-state index contributed by atoms with van der Waals surface area (Å²) in [5, 5.41) is 3.24. The van der Waals surface area contributed by atoms with Crippen molar-refractivity contribution in [2.24, 2.45) is 5.92 Å². The van der Waals surface area contributed by atoms with Crippen LogP contribution in [0.4, 0.5) is 5.95 Å². The first-order chi connectivity index (χ1) is 8.81. The number of ether oxygens (including phenoxy) is 2. The van der Waals surface area contributed by atoms with Crippen molar-refractivity contribution in [1.29, 1.82) is 0 Å². The highest BCUT2D eigenvalue weighted by Crippen LogP contribution is 2.27. The van der Waals surface area contributed by atoms with E-state index in [1.165, 1.54) is 32.1 Å². The van der Waals surface area contributed by atoms with E-state index in [9.17, 15) is 0 Å². The molecule has 1 aliphatic carbocycles. The van der Waals surface area contributed by atoms with Crippen molar-refractivity contribution in [1.82, 2.24) is 9.97 Å². The Bertz CT molecular complexity index is 356. The molecular formula is C13H21N3O2. The molecule has 2 rings (SSSR count). The number of hydrogen-bond donors (Lipinski definition) is 1. The Kier molecular flexibility index (Phi) is 4.61. The second-order valence-electron chi connectivity index (χ2n) is 4.64. The lowest BCUT2D eigenvalue weighted by Crippen LogP contribution is -2.10. The summed E-state index contributed by atoms with van der Waals surface area (Å²) in [5.74, 6) is 2.48. The van der Waals surface area contributed by atoms with E-state index in [2.05, 4.69) is 15.3 Å². The Morgan fingerprint density at radius 2 is 1.78 bits per heavy atom. The summed E-state index contributed by atoms with van der Waals surface area (Å²) in [6.07, 6.45) is 6.68. The van der Waals surface area contributed by atoms with Crippen molar-refractivity contribution < 1.29 is 9.47 Å². The highest BCUT2D eigenvalue weighted by molar-refractivity contribution is 5.33. The van der Waals surface area contributed by atoms with E-state index >= 15 is 0 Å². The summed E-state index contributed by atoms with van der Waals surface area (Å²) < 4.78 is 10.2. The zero-order chi connectivity index (χ0) is 12.8. The first-order valence-electron chi connectivity index (χ1n) is 6.52. The van der Waals surface area contributed by atoms with Gasteiger partial charge < -0.3 is 14.8 Å². The molecule has 1 aromatic heterocycles. The predicted octanol–water partition coefficient (Wildman–Crippen LogP) is 2.49. The molecule has 0 unspecified atom stereocenters. The lowest BCUT2D eigenvalue weighted by atomic mass is 10.0. The smallest absolute Gasteiger partial charge is 0.229 e. The molecule has 1 aliphatic rings. The van der Waals surface area contributed by atoms with E-state index in [0.29, 0.717) is 17.7 Å². The van der Waals surface area contributed by atoms with Gasteiger partial charge in [0.25, 0.3) is 0 Å². The summed E-state index contributed by atoms with van der Waals surface area (Å²) in [4.78, 5) is 8.48. The number of rotatable bonds is 6. The highest BCUT2D eigenvalue weighted by Gasteiger charge is 2.14. The van der Waals surface area contributed by atoms with Gasteiger partial charge in [-0.1, -0.05) is 25.7 Å². The molecule has 5 nitrogen and oxygen atoms in total. The minimum atomic E-state index is 0.519. The third kappa shape index (κ3) is 3.48. The zero-order valence-electron chi connectivity index (χ0n) is 11.1. The van der Waals surface area contributed by atoms with Gasteiger partial charge in [-0.15, -0.1) is 0 Å². The molecule has 1 heterocycles. The van der Waals surface area contributed by atoms with Gasteiger partial charge in [-0.05, 0) is 12.3 Å². The summed E-state index contributed by atoms with van der Waals surface area (Å²) in [6, 6.07) is 1.67. The van der Waals surface area contributed by atoms with E-state index in [1.54, 1.807) is 20.3 Å². The second kappa shape index (κ2) is 6.42. The Balaban J connectivity index is 1.87. The number of aromatic nitrogens is 2. The SMILES string of the molecule is COc1cc(OC)nc(NCCC2CCCC2)n1. The summed E-state index contributed by atoms with van der Waals surface area (Å²) in [5.41, 5.74) is 0. The maximum absolute atomic E-state index is 5.11. The standard InChI is InChI=1S/C13H21N3O2/c1-17-11-9-12(18-2)16-13(15-11)14-8-7-10-5-3-4-6-10/h9-10H,3-8H2,1-2H3,(H,14,15,16). The maximum Gasteiger partial charge on any atom is 0.229 e. The second-order valence-corrected chi connectivity index (χ2v) is 4.64. The molecule has 100 valence electrons. The summed E-state index contributed by atoms with van der Waals surface area (Å²) in [6.45, 7) is 0.904. The van der Waals surface area contributed by atoms with Crippen LogP contribution in [-0.4, -0.2) is 30.7 Å². The monoisotopic (exact) mass is 251 g/mol. The van der Waals surface area contributed by atoms with Crippen LogP contribution in [0.2, 0.25) is 0 Å². The largest absolute Gasteiger partial charge is 0.481 e. The van der Waals surface area contributed by atoms with E-state index in [-0.39, 0.29) is 0 Å². The highest BCUT2D eigenvalue weighted by atomic mass is 16.5. The lowest BCUT2D eigenvalue weighted by Gasteiger charge is -2.11. The molecule has 1 saturated carbocycles. The minimum Gasteiger partial charge on any atom is -0.481 e. The maximum atomic E-state index is 5.11. The van der Waals surface area contributed by atoms with E-state index < -0.39 is 0 Å². The van der Waals surface area contributed by atoms with Gasteiger partial charge in [-0.2, -0.15) is 9.97 Å². The molecule has 1 fully saturated rings. The topological polar surface area (TPSA) is 56.3 Å². The van der Waals surface area contributed by atoms with Crippen LogP contribution in [0.25, 0.3) is 0 Å². The molecule has 0 amide bonds. The first-order valence-corrected chi connectivity index (χ1v) is 6.52. The number of nitrogens with one attached hydrogen (secondary N) is 1. The Morgan fingerprint density at radius 1 is 1.17 bits per heavy atom. The van der Waals surface area contributed by atoms with Crippen LogP contribution in [0.3, 0.4) is 0 Å². The molecular weight excluding hydrogens is 230 g/mol. The number of methoxy groups -OCH3 is 2. The molecule has 0 radical (unpaired) electrons. The van der Waals surface area contributed by atoms with Crippen molar-refractivity contribution in [3.8, 4) is 11.8 Å². The van der Waals surface area contributed by atoms with Gasteiger partial charge >= 0.3 is 0 Å². The van der Waals surface area contributed by atoms with Crippen LogP contribution >= 0.6 is 0 Å². The molecule has 5 heteroatoms. The van der Waals surface area contributed by atoms with Gasteiger partial charge in [-0.25, -0.2) is 0 Å². The van der Waals surface area contributed by atoms with E-state index in [4.69, 9.17) is 9.47 Å². The molecule has 0 saturated heterocycles. The lowest BCUT2D eigenvalue weighted by molar-refractivity contribution is 0.372. The van der Waals surface area contributed by atoms with Gasteiger partial charge in [0, 0.05) is 6.54 Å². The third-order valence-corrected chi connectivity index (χ3v) is 3.41. The van der Waals surface area contributed by atoms with Crippen molar-refractivity contribution in [3.05, 3.63) is 6.07 Å². The van der Waals surface area contributed by atoms with Crippen molar-refractivity contribution >= 4 is 5.95 Å². The van der Waals surface area contributed by atoms with Gasteiger partial charge in [0.2, 0.25) is 17.7 Å². The molecule has 0 aliphatic heterocycles. The summed E-state index contributed by atoms with van der Waals surface area (Å²) >= 11 is 0. The minimum absolute atomic E-state index is 0.519. The summed E-state index contributed by atoms with van der Waals surface area (Å²) in [7, 11) is 3.17. The van der Waals surface area contributed by atoms with E-state index in [1.807, 2.05) is 0 Å². The Labute approximate surface area is 108 Å². The van der Waals surface area contributed by atoms with Crippen molar-refractivity contribution in [2.75, 3.05) is 26.1 Å². The van der Waals surface area contributed by atoms with Gasteiger partial charge in [-0.3, -0.25) is 0 Å². The number of nitrogens with zero attached hydrogens (tertiary/aromatic N) is 2. The van der Waals surface area contributed by atoms with Crippen molar-refractivity contribution in [3.63, 3.8) is 0 Å². The quantitative estimate of drug-likeness (QED) is 0.841. The van der Waals surface area contributed by atoms with Crippen LogP contribution in [0, 0.1) is 5.92 Å². The Hall–Kier alpha value is -1.52. The van der Waals surface area contributed by atoms with Crippen molar-refractivity contribution in [2.45, 2.75) is 32.1 Å². The van der Waals surface area contributed by atoms with Gasteiger partial charge in [0.05, 0.1) is 20.3 Å². The fourth-order valence-corrected chi connectivity index (χ4v) is 2.38. The zero-order valence-corrected chi connectivity index (χ0v) is 11.1. The Morgan fingerprint density at radius 3 is 2.33 bits per heavy atom.